The predicted molar refractivity (Wildman–Crippen MR) is 186 cm³/mol. The number of aldehydes is 1. The SMILES string of the molecule is C=Cc1nc(N2CC3(CC3)C2)ccc1Cn1cc(C(=O)OCC)cn1.CCOC(=O)c1cnn(Cc2ccc(N3CC4(CC4)C3)nc2C=O)c1. The maximum Gasteiger partial charge on any atom is 0.341 e. The first-order chi connectivity index (χ1) is 24.2. The molecule has 4 aromatic heterocycles. The van der Waals surface area contributed by atoms with Crippen LogP contribution in [0.2, 0.25) is 0 Å². The van der Waals surface area contributed by atoms with Gasteiger partial charge >= 0.3 is 11.9 Å². The van der Waals surface area contributed by atoms with E-state index >= 15 is 0 Å². The second-order valence-corrected chi connectivity index (χ2v) is 13.8. The molecule has 0 radical (unpaired) electrons. The van der Waals surface area contributed by atoms with Gasteiger partial charge in [0.05, 0.1) is 55.5 Å². The van der Waals surface area contributed by atoms with Crippen molar-refractivity contribution in [2.24, 2.45) is 10.8 Å². The van der Waals surface area contributed by atoms with Crippen LogP contribution in [0.3, 0.4) is 0 Å². The average Bonchev–Trinajstić information content (AvgIpc) is 3.98. The summed E-state index contributed by atoms with van der Waals surface area (Å²) in [5.74, 6) is 1.13. The number of pyridine rings is 2. The number of rotatable bonds is 12. The Bertz CT molecular complexity index is 1770. The molecule has 8 rings (SSSR count). The molecule has 2 aliphatic carbocycles. The van der Waals surface area contributed by atoms with Gasteiger partial charge in [0.2, 0.25) is 0 Å². The number of hydrogen-bond donors (Lipinski definition) is 0. The number of anilines is 2. The Kier molecular flexibility index (Phi) is 8.98. The quantitative estimate of drug-likeness (QED) is 0.153. The molecule has 0 atom stereocenters. The lowest BCUT2D eigenvalue weighted by molar-refractivity contribution is 0.0516. The molecule has 6 heterocycles. The summed E-state index contributed by atoms with van der Waals surface area (Å²) < 4.78 is 13.3. The molecule has 4 fully saturated rings. The second kappa shape index (κ2) is 13.5. The van der Waals surface area contributed by atoms with Crippen LogP contribution in [-0.2, 0) is 22.6 Å². The molecule has 13 heteroatoms. The van der Waals surface area contributed by atoms with Crippen LogP contribution in [0.1, 0.15) is 87.6 Å². The number of carbonyl (C=O) groups excluding carboxylic acids is 3. The van der Waals surface area contributed by atoms with Gasteiger partial charge in [-0.1, -0.05) is 18.7 Å². The Morgan fingerprint density at radius 3 is 1.58 bits per heavy atom. The molecule has 260 valence electrons. The predicted octanol–water partition coefficient (Wildman–Crippen LogP) is 4.66. The number of ether oxygens (including phenoxy) is 2. The van der Waals surface area contributed by atoms with Gasteiger partial charge in [-0.2, -0.15) is 10.2 Å². The summed E-state index contributed by atoms with van der Waals surface area (Å²) in [5, 5.41) is 8.41. The lowest BCUT2D eigenvalue weighted by atomic mass is 9.97. The summed E-state index contributed by atoms with van der Waals surface area (Å²) in [5.41, 5.74) is 5.09. The topological polar surface area (TPSA) is 138 Å². The Labute approximate surface area is 290 Å². The van der Waals surface area contributed by atoms with Gasteiger partial charge in [-0.05, 0) is 63.3 Å². The summed E-state index contributed by atoms with van der Waals surface area (Å²) in [6.45, 7) is 13.4. The summed E-state index contributed by atoms with van der Waals surface area (Å²) in [4.78, 5) is 48.7. The molecular formula is C37H42N8O5. The fourth-order valence-electron chi connectivity index (χ4n) is 6.61. The smallest absolute Gasteiger partial charge is 0.341 e. The highest BCUT2D eigenvalue weighted by molar-refractivity contribution is 5.89. The van der Waals surface area contributed by atoms with Crippen molar-refractivity contribution in [3.05, 3.63) is 89.3 Å². The fraction of sp³-hybridized carbons (Fsp3) is 0.432. The molecule has 2 aliphatic heterocycles. The van der Waals surface area contributed by atoms with Crippen LogP contribution in [0.15, 0.2) is 55.6 Å². The van der Waals surface area contributed by atoms with Crippen LogP contribution in [0.4, 0.5) is 11.6 Å². The zero-order valence-corrected chi connectivity index (χ0v) is 28.6. The standard InChI is InChI=1S/C19H22N4O2.C18H20N4O3/c1-3-16-14(10-23-11-15(9-20-23)18(24)25-4-2)5-6-17(21-16)22-12-19(13-22)7-8-19;1-2-25-17(24)14-7-19-22(9-14)8-13-3-4-16(20-15(13)10-23)21-11-18(12-21)5-6-18/h3,5-6,9,11H,1,4,7-8,10,12-13H2,2H3;3-4,7,9-10H,2,5-6,8,11-12H2,1H3. The highest BCUT2D eigenvalue weighted by atomic mass is 16.5. The van der Waals surface area contributed by atoms with E-state index in [1.54, 1.807) is 41.7 Å². The van der Waals surface area contributed by atoms with E-state index < -0.39 is 5.97 Å². The van der Waals surface area contributed by atoms with Crippen molar-refractivity contribution in [1.82, 2.24) is 29.5 Å². The second-order valence-electron chi connectivity index (χ2n) is 13.8. The first kappa shape index (κ1) is 33.2. The van der Waals surface area contributed by atoms with Gasteiger partial charge in [0.25, 0.3) is 0 Å². The maximum atomic E-state index is 11.7. The van der Waals surface area contributed by atoms with Crippen molar-refractivity contribution in [2.75, 3.05) is 49.2 Å². The van der Waals surface area contributed by atoms with Crippen molar-refractivity contribution in [2.45, 2.75) is 52.6 Å². The molecule has 2 saturated heterocycles. The minimum atomic E-state index is -0.398. The van der Waals surface area contributed by atoms with E-state index in [9.17, 15) is 14.4 Å². The highest BCUT2D eigenvalue weighted by Gasteiger charge is 2.53. The molecule has 0 aromatic carbocycles. The zero-order chi connectivity index (χ0) is 34.9. The molecule has 2 saturated carbocycles. The zero-order valence-electron chi connectivity index (χ0n) is 28.6. The highest BCUT2D eigenvalue weighted by Crippen LogP contribution is 2.54. The van der Waals surface area contributed by atoms with Gasteiger partial charge in [0.15, 0.2) is 6.29 Å². The summed E-state index contributed by atoms with van der Waals surface area (Å²) in [6, 6.07) is 8.00. The third-order valence-electron chi connectivity index (χ3n) is 9.92. The minimum absolute atomic E-state index is 0.322. The van der Waals surface area contributed by atoms with Crippen LogP contribution < -0.4 is 9.80 Å². The molecule has 13 nitrogen and oxygen atoms in total. The van der Waals surface area contributed by atoms with Gasteiger partial charge in [0.1, 0.15) is 17.3 Å². The van der Waals surface area contributed by atoms with Crippen LogP contribution >= 0.6 is 0 Å². The molecule has 4 aliphatic rings. The minimum Gasteiger partial charge on any atom is -0.462 e. The Balaban J connectivity index is 0.000000157. The van der Waals surface area contributed by atoms with Crippen LogP contribution in [0, 0.1) is 10.8 Å². The van der Waals surface area contributed by atoms with E-state index in [0.717, 1.165) is 60.9 Å². The molecule has 0 unspecified atom stereocenters. The molecule has 0 N–H and O–H groups in total. The third kappa shape index (κ3) is 7.03. The van der Waals surface area contributed by atoms with Gasteiger partial charge in [-0.3, -0.25) is 14.2 Å². The Morgan fingerprint density at radius 1 is 0.740 bits per heavy atom. The van der Waals surface area contributed by atoms with Gasteiger partial charge in [0, 0.05) is 55.0 Å². The number of aromatic nitrogens is 6. The van der Waals surface area contributed by atoms with Crippen molar-refractivity contribution in [3.63, 3.8) is 0 Å². The van der Waals surface area contributed by atoms with Crippen molar-refractivity contribution in [1.29, 1.82) is 0 Å². The van der Waals surface area contributed by atoms with E-state index in [0.29, 0.717) is 54.0 Å². The molecule has 4 aromatic rings. The lowest BCUT2D eigenvalue weighted by Crippen LogP contribution is -2.48. The van der Waals surface area contributed by atoms with Crippen LogP contribution in [0.5, 0.6) is 0 Å². The monoisotopic (exact) mass is 678 g/mol. The number of carbonyl (C=O) groups is 3. The molecule has 2 spiro atoms. The first-order valence-corrected chi connectivity index (χ1v) is 17.2. The van der Waals surface area contributed by atoms with E-state index in [1.807, 2.05) is 12.1 Å². The van der Waals surface area contributed by atoms with Gasteiger partial charge in [-0.25, -0.2) is 19.6 Å². The number of esters is 2. The molecule has 0 bridgehead atoms. The average molecular weight is 679 g/mol. The Morgan fingerprint density at radius 2 is 1.18 bits per heavy atom. The van der Waals surface area contributed by atoms with Crippen molar-refractivity contribution in [3.8, 4) is 0 Å². The lowest BCUT2D eigenvalue weighted by Gasteiger charge is -2.41. The Hall–Kier alpha value is -5.33. The fourth-order valence-corrected chi connectivity index (χ4v) is 6.61. The van der Waals surface area contributed by atoms with E-state index in [2.05, 4.69) is 43.7 Å². The van der Waals surface area contributed by atoms with Crippen molar-refractivity contribution >= 4 is 35.9 Å². The van der Waals surface area contributed by atoms with E-state index in [1.165, 1.54) is 38.1 Å². The van der Waals surface area contributed by atoms with Crippen LogP contribution in [0.25, 0.3) is 6.08 Å². The largest absolute Gasteiger partial charge is 0.462 e. The molecule has 50 heavy (non-hydrogen) atoms. The van der Waals surface area contributed by atoms with E-state index in [-0.39, 0.29) is 5.97 Å². The summed E-state index contributed by atoms with van der Waals surface area (Å²) in [7, 11) is 0. The maximum absolute atomic E-state index is 11.7. The molecular weight excluding hydrogens is 636 g/mol. The first-order valence-electron chi connectivity index (χ1n) is 17.2. The van der Waals surface area contributed by atoms with Crippen molar-refractivity contribution < 1.29 is 23.9 Å². The van der Waals surface area contributed by atoms with Gasteiger partial charge < -0.3 is 19.3 Å². The third-order valence-corrected chi connectivity index (χ3v) is 9.92. The normalized spacial score (nSPS) is 17.2. The number of hydrogen-bond acceptors (Lipinski definition) is 11. The van der Waals surface area contributed by atoms with Crippen LogP contribution in [-0.4, -0.2) is 87.1 Å². The summed E-state index contributed by atoms with van der Waals surface area (Å²) >= 11 is 0. The van der Waals surface area contributed by atoms with E-state index in [4.69, 9.17) is 14.5 Å². The van der Waals surface area contributed by atoms with Gasteiger partial charge in [-0.15, -0.1) is 0 Å². The number of nitrogens with zero attached hydrogens (tertiary/aromatic N) is 8. The summed E-state index contributed by atoms with van der Waals surface area (Å²) in [6.07, 6.45) is 14.2. The molecule has 0 amide bonds.